The molecule has 1 heterocycles. The first-order valence-electron chi connectivity index (χ1n) is 8.96. The number of para-hydroxylation sites is 1. The molecule has 0 bridgehead atoms. The molecule has 1 atom stereocenters. The maximum Gasteiger partial charge on any atom is 0.251 e. The van der Waals surface area contributed by atoms with Gasteiger partial charge in [-0.25, -0.2) is 0 Å². The highest BCUT2D eigenvalue weighted by Crippen LogP contribution is 2.24. The number of hydrogen-bond donors (Lipinski definition) is 1. The van der Waals surface area contributed by atoms with Crippen molar-refractivity contribution in [3.05, 3.63) is 65.7 Å². The van der Waals surface area contributed by atoms with Gasteiger partial charge in [-0.3, -0.25) is 4.79 Å². The van der Waals surface area contributed by atoms with E-state index in [9.17, 15) is 4.79 Å². The van der Waals surface area contributed by atoms with Crippen LogP contribution in [0.2, 0.25) is 0 Å². The van der Waals surface area contributed by atoms with Crippen LogP contribution in [0.1, 0.15) is 42.1 Å². The summed E-state index contributed by atoms with van der Waals surface area (Å²) in [5.41, 5.74) is 3.29. The van der Waals surface area contributed by atoms with Crippen LogP contribution >= 0.6 is 0 Å². The lowest BCUT2D eigenvalue weighted by Crippen LogP contribution is -2.40. The third-order valence-corrected chi connectivity index (χ3v) is 4.72. The number of amides is 1. The van der Waals surface area contributed by atoms with Crippen LogP contribution in [0.25, 0.3) is 0 Å². The Bertz CT molecular complexity index is 651. The maximum absolute atomic E-state index is 12.4. The van der Waals surface area contributed by atoms with Gasteiger partial charge in [-0.05, 0) is 49.1 Å². The molecule has 3 heteroatoms. The summed E-state index contributed by atoms with van der Waals surface area (Å²) in [6.07, 6.45) is 4.50. The molecule has 0 aliphatic carbocycles. The van der Waals surface area contributed by atoms with Crippen molar-refractivity contribution >= 4 is 11.6 Å². The Labute approximate surface area is 144 Å². The van der Waals surface area contributed by atoms with Crippen molar-refractivity contribution in [3.8, 4) is 0 Å². The summed E-state index contributed by atoms with van der Waals surface area (Å²) in [6.45, 7) is 3.93. The first-order valence-corrected chi connectivity index (χ1v) is 8.96. The highest BCUT2D eigenvalue weighted by molar-refractivity contribution is 5.94. The van der Waals surface area contributed by atoms with E-state index < -0.39 is 0 Å². The molecule has 1 fully saturated rings. The molecule has 1 aliphatic rings. The van der Waals surface area contributed by atoms with Crippen LogP contribution in [0.4, 0.5) is 5.69 Å². The first-order chi connectivity index (χ1) is 11.8. The van der Waals surface area contributed by atoms with Gasteiger partial charge in [0.1, 0.15) is 0 Å². The van der Waals surface area contributed by atoms with Gasteiger partial charge < -0.3 is 10.2 Å². The molecule has 2 aromatic carbocycles. The van der Waals surface area contributed by atoms with Crippen LogP contribution in [0, 0.1) is 0 Å². The molecule has 126 valence electrons. The van der Waals surface area contributed by atoms with Crippen LogP contribution in [-0.2, 0) is 6.42 Å². The second-order valence-corrected chi connectivity index (χ2v) is 6.48. The fraction of sp³-hybridized carbons (Fsp3) is 0.381. The van der Waals surface area contributed by atoms with Gasteiger partial charge in [-0.1, -0.05) is 43.7 Å². The van der Waals surface area contributed by atoms with Crippen LogP contribution in [-0.4, -0.2) is 25.0 Å². The summed E-state index contributed by atoms with van der Waals surface area (Å²) in [6, 6.07) is 18.8. The van der Waals surface area contributed by atoms with E-state index in [4.69, 9.17) is 0 Å². The molecule has 24 heavy (non-hydrogen) atoms. The highest BCUT2D eigenvalue weighted by atomic mass is 16.1. The molecule has 0 aromatic heterocycles. The molecule has 3 nitrogen and oxygen atoms in total. The van der Waals surface area contributed by atoms with E-state index in [0.717, 1.165) is 31.4 Å². The Morgan fingerprint density at radius 3 is 2.58 bits per heavy atom. The topological polar surface area (TPSA) is 32.3 Å². The lowest BCUT2D eigenvalue weighted by Gasteiger charge is -2.27. The number of nitrogens with zero attached hydrogens (tertiary/aromatic N) is 1. The summed E-state index contributed by atoms with van der Waals surface area (Å²) in [5.74, 6) is 0.0259. The number of aryl methyl sites for hydroxylation is 1. The average molecular weight is 322 g/mol. The van der Waals surface area contributed by atoms with Gasteiger partial charge in [0, 0.05) is 30.4 Å². The van der Waals surface area contributed by atoms with Gasteiger partial charge in [0.25, 0.3) is 5.91 Å². The standard InChI is InChI=1S/C21H26N2O/c1-2-7-17-11-13-18(14-12-17)21(24)22-16-20-10-6-15-23(20)19-8-4-3-5-9-19/h3-5,8-9,11-14,20H,2,6-7,10,15-16H2,1H3,(H,22,24)/t20-/m0/s1. The van der Waals surface area contributed by atoms with Crippen molar-refractivity contribution < 1.29 is 4.79 Å². The molecule has 1 saturated heterocycles. The molecule has 1 aliphatic heterocycles. The molecule has 2 aromatic rings. The molecule has 0 saturated carbocycles. The van der Waals surface area contributed by atoms with Gasteiger partial charge in [-0.15, -0.1) is 0 Å². The zero-order chi connectivity index (χ0) is 16.8. The van der Waals surface area contributed by atoms with Crippen molar-refractivity contribution in [1.82, 2.24) is 5.32 Å². The summed E-state index contributed by atoms with van der Waals surface area (Å²) in [7, 11) is 0. The van der Waals surface area contributed by atoms with Crippen molar-refractivity contribution in [3.63, 3.8) is 0 Å². The van der Waals surface area contributed by atoms with E-state index in [1.54, 1.807) is 0 Å². The SMILES string of the molecule is CCCc1ccc(C(=O)NC[C@@H]2CCCN2c2ccccc2)cc1. The van der Waals surface area contributed by atoms with Crippen LogP contribution in [0.5, 0.6) is 0 Å². The Kier molecular flexibility index (Phi) is 5.52. The first kappa shape index (κ1) is 16.6. The van der Waals surface area contributed by atoms with E-state index in [-0.39, 0.29) is 5.91 Å². The third kappa shape index (κ3) is 3.97. The zero-order valence-electron chi connectivity index (χ0n) is 14.4. The zero-order valence-corrected chi connectivity index (χ0v) is 14.4. The minimum absolute atomic E-state index is 0.0259. The normalized spacial score (nSPS) is 17.0. The molecule has 1 N–H and O–H groups in total. The Balaban J connectivity index is 1.57. The molecular weight excluding hydrogens is 296 g/mol. The van der Waals surface area contributed by atoms with Gasteiger partial charge in [0.2, 0.25) is 0 Å². The van der Waals surface area contributed by atoms with E-state index in [2.05, 4.69) is 53.5 Å². The number of carbonyl (C=O) groups excluding carboxylic acids is 1. The van der Waals surface area contributed by atoms with Gasteiger partial charge in [0.15, 0.2) is 0 Å². The molecule has 3 rings (SSSR count). The number of carbonyl (C=O) groups is 1. The van der Waals surface area contributed by atoms with Crippen LogP contribution in [0.15, 0.2) is 54.6 Å². The monoisotopic (exact) mass is 322 g/mol. The predicted molar refractivity (Wildman–Crippen MR) is 99.6 cm³/mol. The van der Waals surface area contributed by atoms with Crippen LogP contribution < -0.4 is 10.2 Å². The number of anilines is 1. The number of benzene rings is 2. The predicted octanol–water partition coefficient (Wildman–Crippen LogP) is 4.04. The molecule has 1 amide bonds. The van der Waals surface area contributed by atoms with Crippen molar-refractivity contribution in [2.45, 2.75) is 38.6 Å². The fourth-order valence-corrected chi connectivity index (χ4v) is 3.43. The van der Waals surface area contributed by atoms with Gasteiger partial charge in [-0.2, -0.15) is 0 Å². The van der Waals surface area contributed by atoms with E-state index in [0.29, 0.717) is 12.6 Å². The minimum atomic E-state index is 0.0259. The van der Waals surface area contributed by atoms with E-state index in [1.165, 1.54) is 17.7 Å². The van der Waals surface area contributed by atoms with Gasteiger partial charge >= 0.3 is 0 Å². The van der Waals surface area contributed by atoms with E-state index in [1.807, 2.05) is 18.2 Å². The lowest BCUT2D eigenvalue weighted by molar-refractivity contribution is 0.0951. The van der Waals surface area contributed by atoms with Crippen molar-refractivity contribution in [1.29, 1.82) is 0 Å². The molecule has 0 radical (unpaired) electrons. The second-order valence-electron chi connectivity index (χ2n) is 6.48. The molecular formula is C21H26N2O. The molecule has 0 unspecified atom stereocenters. The molecule has 0 spiro atoms. The summed E-state index contributed by atoms with van der Waals surface area (Å²) in [4.78, 5) is 14.8. The minimum Gasteiger partial charge on any atom is -0.367 e. The number of nitrogens with one attached hydrogen (secondary N) is 1. The fourth-order valence-electron chi connectivity index (χ4n) is 3.43. The lowest BCUT2D eigenvalue weighted by atomic mass is 10.1. The number of rotatable bonds is 6. The summed E-state index contributed by atoms with van der Waals surface area (Å²) in [5, 5.41) is 3.11. The Morgan fingerprint density at radius 1 is 1.12 bits per heavy atom. The summed E-state index contributed by atoms with van der Waals surface area (Å²) < 4.78 is 0. The number of hydrogen-bond acceptors (Lipinski definition) is 2. The maximum atomic E-state index is 12.4. The van der Waals surface area contributed by atoms with E-state index >= 15 is 0 Å². The second kappa shape index (κ2) is 8.00. The largest absolute Gasteiger partial charge is 0.367 e. The van der Waals surface area contributed by atoms with Crippen LogP contribution in [0.3, 0.4) is 0 Å². The average Bonchev–Trinajstić information content (AvgIpc) is 3.10. The van der Waals surface area contributed by atoms with Crippen molar-refractivity contribution in [2.24, 2.45) is 0 Å². The third-order valence-electron chi connectivity index (χ3n) is 4.72. The Hall–Kier alpha value is -2.29. The Morgan fingerprint density at radius 2 is 1.88 bits per heavy atom. The highest BCUT2D eigenvalue weighted by Gasteiger charge is 2.25. The smallest absolute Gasteiger partial charge is 0.251 e. The quantitative estimate of drug-likeness (QED) is 0.870. The summed E-state index contributed by atoms with van der Waals surface area (Å²) >= 11 is 0. The van der Waals surface area contributed by atoms with Gasteiger partial charge in [0.05, 0.1) is 0 Å². The van der Waals surface area contributed by atoms with Crippen molar-refractivity contribution in [2.75, 3.05) is 18.0 Å².